The van der Waals surface area contributed by atoms with E-state index < -0.39 is 29.7 Å². The van der Waals surface area contributed by atoms with Gasteiger partial charge in [0, 0.05) is 24.6 Å². The summed E-state index contributed by atoms with van der Waals surface area (Å²) >= 11 is 0. The van der Waals surface area contributed by atoms with Gasteiger partial charge in [-0.25, -0.2) is 14.1 Å². The predicted molar refractivity (Wildman–Crippen MR) is 119 cm³/mol. The van der Waals surface area contributed by atoms with Gasteiger partial charge in [-0.05, 0) is 60.2 Å². The molecule has 2 aromatic carbocycles. The van der Waals surface area contributed by atoms with Gasteiger partial charge < -0.3 is 15.0 Å². The van der Waals surface area contributed by atoms with Gasteiger partial charge in [0.15, 0.2) is 0 Å². The highest BCUT2D eigenvalue weighted by Gasteiger charge is 2.46. The number of halogens is 1. The van der Waals surface area contributed by atoms with E-state index in [1.54, 1.807) is 48.8 Å². The number of nitrogens with zero attached hydrogens (tertiary/aromatic N) is 3. The van der Waals surface area contributed by atoms with Gasteiger partial charge in [-0.2, -0.15) is 0 Å². The van der Waals surface area contributed by atoms with Crippen LogP contribution in [0.3, 0.4) is 0 Å². The molecule has 1 atom stereocenters. The Hall–Kier alpha value is -4.27. The molecule has 2 heterocycles. The molecule has 3 aromatic rings. The smallest absolute Gasteiger partial charge is 0.332 e. The molecule has 33 heavy (non-hydrogen) atoms. The first-order valence-corrected chi connectivity index (χ1v) is 10.2. The van der Waals surface area contributed by atoms with Crippen molar-refractivity contribution in [2.24, 2.45) is 0 Å². The zero-order valence-corrected chi connectivity index (χ0v) is 17.8. The van der Waals surface area contributed by atoms with Crippen LogP contribution in [0.5, 0.6) is 5.75 Å². The van der Waals surface area contributed by atoms with Crippen LogP contribution in [0.15, 0.2) is 73.1 Å². The second kappa shape index (κ2) is 9.47. The molecule has 1 N–H and O–H groups in total. The molecule has 4 amide bonds. The van der Waals surface area contributed by atoms with Crippen LogP contribution >= 0.6 is 0 Å². The minimum Gasteiger partial charge on any atom is -0.497 e. The van der Waals surface area contributed by atoms with E-state index in [4.69, 9.17) is 4.74 Å². The fourth-order valence-corrected chi connectivity index (χ4v) is 3.59. The van der Waals surface area contributed by atoms with Crippen molar-refractivity contribution in [1.82, 2.24) is 9.88 Å². The van der Waals surface area contributed by atoms with Crippen LogP contribution in [-0.4, -0.2) is 40.9 Å². The Morgan fingerprint density at radius 2 is 1.82 bits per heavy atom. The fraction of sp³-hybridized carbons (Fsp3) is 0.167. The Labute approximate surface area is 189 Å². The lowest BCUT2D eigenvalue weighted by atomic mass is 10.1. The van der Waals surface area contributed by atoms with Crippen LogP contribution in [0.25, 0.3) is 0 Å². The number of urea groups is 1. The van der Waals surface area contributed by atoms with E-state index in [2.05, 4.69) is 10.3 Å². The van der Waals surface area contributed by atoms with E-state index in [0.29, 0.717) is 17.1 Å². The molecule has 1 unspecified atom stereocenters. The zero-order chi connectivity index (χ0) is 23.4. The number of anilines is 2. The van der Waals surface area contributed by atoms with Crippen LogP contribution in [0, 0.1) is 5.82 Å². The number of hydrogen-bond donors (Lipinski definition) is 1. The van der Waals surface area contributed by atoms with Crippen LogP contribution in [0.4, 0.5) is 20.6 Å². The van der Waals surface area contributed by atoms with Gasteiger partial charge in [0.05, 0.1) is 19.2 Å². The van der Waals surface area contributed by atoms with E-state index in [1.165, 1.54) is 36.3 Å². The molecule has 1 saturated heterocycles. The Morgan fingerprint density at radius 1 is 1.09 bits per heavy atom. The van der Waals surface area contributed by atoms with Gasteiger partial charge in [0.1, 0.15) is 17.6 Å². The summed E-state index contributed by atoms with van der Waals surface area (Å²) in [6.45, 7) is 0.111. The largest absolute Gasteiger partial charge is 0.497 e. The van der Waals surface area contributed by atoms with Crippen molar-refractivity contribution in [3.05, 3.63) is 84.4 Å². The van der Waals surface area contributed by atoms with Crippen molar-refractivity contribution in [3.8, 4) is 5.75 Å². The summed E-state index contributed by atoms with van der Waals surface area (Å²) in [7, 11) is 1.52. The van der Waals surface area contributed by atoms with Crippen molar-refractivity contribution in [2.45, 2.75) is 19.0 Å². The average Bonchev–Trinajstić information content (AvgIpc) is 3.05. The summed E-state index contributed by atoms with van der Waals surface area (Å²) in [6.07, 6.45) is 2.95. The molecule has 0 spiro atoms. The van der Waals surface area contributed by atoms with E-state index in [0.717, 1.165) is 10.5 Å². The minimum atomic E-state index is -1.01. The third-order valence-electron chi connectivity index (χ3n) is 5.23. The molecule has 8 nitrogen and oxygen atoms in total. The highest BCUT2D eigenvalue weighted by atomic mass is 19.1. The summed E-state index contributed by atoms with van der Waals surface area (Å²) in [5.41, 5.74) is 1.49. The maximum atomic E-state index is 13.3. The first kappa shape index (κ1) is 21.9. The highest BCUT2D eigenvalue weighted by Crippen LogP contribution is 2.29. The summed E-state index contributed by atoms with van der Waals surface area (Å²) < 4.78 is 18.3. The lowest BCUT2D eigenvalue weighted by Gasteiger charge is -2.21. The zero-order valence-electron chi connectivity index (χ0n) is 17.8. The van der Waals surface area contributed by atoms with Gasteiger partial charge in [-0.3, -0.25) is 14.6 Å². The number of methoxy groups -OCH3 is 1. The number of carbonyl (C=O) groups excluding carboxylic acids is 3. The quantitative estimate of drug-likeness (QED) is 0.558. The third-order valence-corrected chi connectivity index (χ3v) is 5.23. The lowest BCUT2D eigenvalue weighted by Crippen LogP contribution is -2.37. The number of hydrogen-bond acceptors (Lipinski definition) is 5. The molecule has 0 saturated carbocycles. The SMILES string of the molecule is COc1ccc(N2C(=O)C(CC(=O)Nc3ccc(F)cc3)N(Cc3cccnc3)C2=O)cc1. The number of amides is 4. The van der Waals surface area contributed by atoms with Crippen LogP contribution in [0.1, 0.15) is 12.0 Å². The lowest BCUT2D eigenvalue weighted by molar-refractivity contribution is -0.124. The van der Waals surface area contributed by atoms with Gasteiger partial charge in [-0.15, -0.1) is 0 Å². The molecule has 0 aliphatic carbocycles. The van der Waals surface area contributed by atoms with Crippen molar-refractivity contribution in [1.29, 1.82) is 0 Å². The second-order valence-corrected chi connectivity index (χ2v) is 7.42. The average molecular weight is 448 g/mol. The van der Waals surface area contributed by atoms with Gasteiger partial charge in [-0.1, -0.05) is 6.07 Å². The Morgan fingerprint density at radius 3 is 2.45 bits per heavy atom. The minimum absolute atomic E-state index is 0.111. The Kier molecular flexibility index (Phi) is 6.30. The van der Waals surface area contributed by atoms with Crippen molar-refractivity contribution < 1.29 is 23.5 Å². The van der Waals surface area contributed by atoms with Gasteiger partial charge in [0.2, 0.25) is 5.91 Å². The maximum Gasteiger partial charge on any atom is 0.332 e. The Bertz CT molecular complexity index is 1150. The molecular formula is C24H21FN4O4. The summed E-state index contributed by atoms with van der Waals surface area (Å²) in [4.78, 5) is 45.7. The normalized spacial score (nSPS) is 15.6. The number of imide groups is 1. The number of ether oxygens (including phenoxy) is 1. The van der Waals surface area contributed by atoms with Gasteiger partial charge in [0.25, 0.3) is 5.91 Å². The van der Waals surface area contributed by atoms with E-state index in [1.807, 2.05) is 0 Å². The monoisotopic (exact) mass is 448 g/mol. The number of benzene rings is 2. The molecule has 1 aliphatic rings. The molecule has 9 heteroatoms. The van der Waals surface area contributed by atoms with E-state index in [-0.39, 0.29) is 13.0 Å². The first-order chi connectivity index (χ1) is 16.0. The number of rotatable bonds is 7. The molecule has 0 bridgehead atoms. The molecule has 4 rings (SSSR count). The summed E-state index contributed by atoms with van der Waals surface area (Å²) in [6, 6.07) is 13.8. The summed E-state index contributed by atoms with van der Waals surface area (Å²) in [5.74, 6) is -0.827. The van der Waals surface area contributed by atoms with Crippen LogP contribution < -0.4 is 15.0 Å². The molecule has 1 aliphatic heterocycles. The summed E-state index contributed by atoms with van der Waals surface area (Å²) in [5, 5.41) is 2.64. The van der Waals surface area contributed by atoms with Crippen molar-refractivity contribution >= 4 is 29.2 Å². The molecule has 1 aromatic heterocycles. The third kappa shape index (κ3) is 4.82. The maximum absolute atomic E-state index is 13.3. The van der Waals surface area contributed by atoms with E-state index in [9.17, 15) is 18.8 Å². The highest BCUT2D eigenvalue weighted by molar-refractivity contribution is 6.22. The molecule has 168 valence electrons. The number of nitrogens with one attached hydrogen (secondary N) is 1. The topological polar surface area (TPSA) is 91.8 Å². The second-order valence-electron chi connectivity index (χ2n) is 7.42. The number of carbonyl (C=O) groups is 3. The van der Waals surface area contributed by atoms with E-state index >= 15 is 0 Å². The van der Waals surface area contributed by atoms with Crippen LogP contribution in [-0.2, 0) is 16.1 Å². The first-order valence-electron chi connectivity index (χ1n) is 10.2. The van der Waals surface area contributed by atoms with Gasteiger partial charge >= 0.3 is 6.03 Å². The predicted octanol–water partition coefficient (Wildman–Crippen LogP) is 3.60. The standard InChI is InChI=1S/C24H21FN4O4/c1-33-20-10-8-19(9-11-20)29-23(31)21(13-22(30)27-18-6-4-17(25)5-7-18)28(24(29)32)15-16-3-2-12-26-14-16/h2-12,14,21H,13,15H2,1H3,(H,27,30). The van der Waals surface area contributed by atoms with Crippen molar-refractivity contribution in [2.75, 3.05) is 17.3 Å². The van der Waals surface area contributed by atoms with Crippen molar-refractivity contribution in [3.63, 3.8) is 0 Å². The molecular weight excluding hydrogens is 427 g/mol. The fourth-order valence-electron chi connectivity index (χ4n) is 3.59. The number of aromatic nitrogens is 1. The molecule has 0 radical (unpaired) electrons. The van der Waals surface area contributed by atoms with Crippen LogP contribution in [0.2, 0.25) is 0 Å². The number of pyridine rings is 1. The Balaban J connectivity index is 1.59. The molecule has 1 fully saturated rings.